The van der Waals surface area contributed by atoms with E-state index >= 15 is 0 Å². The number of likely N-dealkylation sites (N-methyl/N-ethyl adjacent to an activating group) is 1. The van der Waals surface area contributed by atoms with E-state index < -0.39 is 0 Å². The third-order valence-corrected chi connectivity index (χ3v) is 4.92. The van der Waals surface area contributed by atoms with Crippen molar-refractivity contribution in [3.8, 4) is 22.6 Å². The summed E-state index contributed by atoms with van der Waals surface area (Å²) in [6, 6.07) is 12.5. The standard InChI is InChI=1S/C20H22N4O2/c1-24-12-15(10-22-24)13-5-4-6-14(7-13)17-11-21-23-18-9-20(26-3)19(25-2)8-16(17)18/h4-9,11,15,22H,10,12H2,1-3H3. The van der Waals surface area contributed by atoms with Crippen molar-refractivity contribution in [3.63, 3.8) is 0 Å². The Morgan fingerprint density at radius 3 is 2.65 bits per heavy atom. The average Bonchev–Trinajstić information content (AvgIpc) is 3.12. The van der Waals surface area contributed by atoms with Crippen molar-refractivity contribution in [2.24, 2.45) is 0 Å². The number of rotatable bonds is 4. The molecule has 1 aliphatic rings. The molecule has 0 bridgehead atoms. The zero-order chi connectivity index (χ0) is 18.1. The molecule has 1 N–H and O–H groups in total. The summed E-state index contributed by atoms with van der Waals surface area (Å²) in [4.78, 5) is 0. The van der Waals surface area contributed by atoms with E-state index in [1.54, 1.807) is 14.2 Å². The molecule has 134 valence electrons. The number of nitrogens with zero attached hydrogens (tertiary/aromatic N) is 3. The molecule has 1 aliphatic heterocycles. The fourth-order valence-corrected chi connectivity index (χ4v) is 3.52. The first-order valence-electron chi connectivity index (χ1n) is 8.62. The highest BCUT2D eigenvalue weighted by Gasteiger charge is 2.21. The molecule has 0 radical (unpaired) electrons. The Hall–Kier alpha value is -2.70. The van der Waals surface area contributed by atoms with Gasteiger partial charge in [0.25, 0.3) is 0 Å². The second-order valence-corrected chi connectivity index (χ2v) is 6.55. The fraction of sp³-hybridized carbons (Fsp3) is 0.300. The molecule has 0 aliphatic carbocycles. The van der Waals surface area contributed by atoms with E-state index in [9.17, 15) is 0 Å². The summed E-state index contributed by atoms with van der Waals surface area (Å²) in [5.41, 5.74) is 7.64. The van der Waals surface area contributed by atoms with Crippen molar-refractivity contribution >= 4 is 10.9 Å². The van der Waals surface area contributed by atoms with E-state index in [2.05, 4.69) is 51.9 Å². The largest absolute Gasteiger partial charge is 0.493 e. The van der Waals surface area contributed by atoms with E-state index in [0.717, 1.165) is 35.1 Å². The lowest BCUT2D eigenvalue weighted by Crippen LogP contribution is -2.25. The minimum atomic E-state index is 0.482. The Kier molecular flexibility index (Phi) is 4.44. The minimum Gasteiger partial charge on any atom is -0.493 e. The Labute approximate surface area is 152 Å². The van der Waals surface area contributed by atoms with E-state index in [1.165, 1.54) is 5.56 Å². The second-order valence-electron chi connectivity index (χ2n) is 6.55. The third kappa shape index (κ3) is 2.98. The second kappa shape index (κ2) is 6.90. The van der Waals surface area contributed by atoms with Crippen LogP contribution in [0, 0.1) is 0 Å². The van der Waals surface area contributed by atoms with E-state index in [4.69, 9.17) is 9.47 Å². The number of hydrogen-bond donors (Lipinski definition) is 1. The number of nitrogens with one attached hydrogen (secondary N) is 1. The summed E-state index contributed by atoms with van der Waals surface area (Å²) < 4.78 is 10.8. The predicted molar refractivity (Wildman–Crippen MR) is 101 cm³/mol. The Morgan fingerprint density at radius 1 is 1.12 bits per heavy atom. The van der Waals surface area contributed by atoms with Crippen molar-refractivity contribution in [2.45, 2.75) is 5.92 Å². The highest BCUT2D eigenvalue weighted by Crippen LogP contribution is 2.36. The number of fused-ring (bicyclic) bond motifs is 1. The van der Waals surface area contributed by atoms with E-state index in [1.807, 2.05) is 18.3 Å². The van der Waals surface area contributed by atoms with Crippen LogP contribution in [-0.2, 0) is 0 Å². The van der Waals surface area contributed by atoms with Crippen molar-refractivity contribution in [3.05, 3.63) is 48.2 Å². The average molecular weight is 350 g/mol. The summed E-state index contributed by atoms with van der Waals surface area (Å²) in [7, 11) is 5.34. The zero-order valence-corrected chi connectivity index (χ0v) is 15.2. The summed E-state index contributed by atoms with van der Waals surface area (Å²) in [5.74, 6) is 1.82. The SMILES string of the molecule is COc1cc2nncc(-c3cccc(C4CNN(C)C4)c3)c2cc1OC. The molecule has 0 amide bonds. The molecule has 3 aromatic rings. The summed E-state index contributed by atoms with van der Waals surface area (Å²) >= 11 is 0. The van der Waals surface area contributed by atoms with Crippen molar-refractivity contribution < 1.29 is 9.47 Å². The Bertz CT molecular complexity index is 944. The lowest BCUT2D eigenvalue weighted by atomic mass is 9.94. The van der Waals surface area contributed by atoms with Gasteiger partial charge in [-0.05, 0) is 17.2 Å². The number of methoxy groups -OCH3 is 2. The van der Waals surface area contributed by atoms with Crippen molar-refractivity contribution in [1.82, 2.24) is 20.6 Å². The Morgan fingerprint density at radius 2 is 1.92 bits per heavy atom. The van der Waals surface area contributed by atoms with E-state index in [0.29, 0.717) is 17.4 Å². The molecule has 0 spiro atoms. The van der Waals surface area contributed by atoms with Crippen LogP contribution in [0.5, 0.6) is 11.5 Å². The van der Waals surface area contributed by atoms with Gasteiger partial charge in [0, 0.05) is 43.1 Å². The van der Waals surface area contributed by atoms with Gasteiger partial charge in [0.15, 0.2) is 11.5 Å². The van der Waals surface area contributed by atoms with Crippen molar-refractivity contribution in [2.75, 3.05) is 34.4 Å². The van der Waals surface area contributed by atoms with Crippen LogP contribution in [0.1, 0.15) is 11.5 Å². The third-order valence-electron chi connectivity index (χ3n) is 4.92. The molecule has 2 aromatic carbocycles. The fourth-order valence-electron chi connectivity index (χ4n) is 3.52. The molecule has 4 rings (SSSR count). The van der Waals surface area contributed by atoms with Gasteiger partial charge in [-0.3, -0.25) is 5.43 Å². The maximum absolute atomic E-state index is 5.47. The smallest absolute Gasteiger partial charge is 0.162 e. The van der Waals surface area contributed by atoms with Crippen molar-refractivity contribution in [1.29, 1.82) is 0 Å². The van der Waals surface area contributed by atoms with Gasteiger partial charge in [0.1, 0.15) is 0 Å². The van der Waals surface area contributed by atoms with Gasteiger partial charge in [0.2, 0.25) is 0 Å². The van der Waals surface area contributed by atoms with Crippen LogP contribution in [0.4, 0.5) is 0 Å². The Balaban J connectivity index is 1.81. The van der Waals surface area contributed by atoms with Gasteiger partial charge in [-0.25, -0.2) is 5.01 Å². The van der Waals surface area contributed by atoms with Crippen LogP contribution in [0.2, 0.25) is 0 Å². The van der Waals surface area contributed by atoms with Gasteiger partial charge in [0.05, 0.1) is 25.9 Å². The normalized spacial score (nSPS) is 17.6. The van der Waals surface area contributed by atoms with Gasteiger partial charge in [-0.1, -0.05) is 24.3 Å². The lowest BCUT2D eigenvalue weighted by Gasteiger charge is -2.13. The number of hydrazine groups is 1. The molecule has 6 nitrogen and oxygen atoms in total. The first kappa shape index (κ1) is 16.8. The van der Waals surface area contributed by atoms with Crippen LogP contribution >= 0.6 is 0 Å². The van der Waals surface area contributed by atoms with Gasteiger partial charge >= 0.3 is 0 Å². The first-order chi connectivity index (χ1) is 12.7. The maximum atomic E-state index is 5.47. The summed E-state index contributed by atoms with van der Waals surface area (Å²) in [6.07, 6.45) is 1.81. The molecule has 1 fully saturated rings. The molecule has 0 saturated carbocycles. The van der Waals surface area contributed by atoms with Crippen LogP contribution in [0.25, 0.3) is 22.0 Å². The monoisotopic (exact) mass is 350 g/mol. The van der Waals surface area contributed by atoms with Gasteiger partial charge in [-0.2, -0.15) is 10.2 Å². The molecular weight excluding hydrogens is 328 g/mol. The van der Waals surface area contributed by atoms with Crippen LogP contribution in [0.3, 0.4) is 0 Å². The molecule has 1 unspecified atom stereocenters. The topological polar surface area (TPSA) is 59.5 Å². The molecule has 2 heterocycles. The summed E-state index contributed by atoms with van der Waals surface area (Å²) in [5, 5.41) is 11.6. The predicted octanol–water partition coefficient (Wildman–Crippen LogP) is 2.85. The lowest BCUT2D eigenvalue weighted by molar-refractivity contribution is 0.314. The molecule has 1 aromatic heterocycles. The number of ether oxygens (including phenoxy) is 2. The zero-order valence-electron chi connectivity index (χ0n) is 15.2. The van der Waals surface area contributed by atoms with Crippen LogP contribution in [-0.4, -0.2) is 49.6 Å². The first-order valence-corrected chi connectivity index (χ1v) is 8.62. The van der Waals surface area contributed by atoms with Gasteiger partial charge in [-0.15, -0.1) is 0 Å². The minimum absolute atomic E-state index is 0.482. The number of benzene rings is 2. The number of aromatic nitrogens is 2. The van der Waals surface area contributed by atoms with Crippen LogP contribution in [0.15, 0.2) is 42.6 Å². The van der Waals surface area contributed by atoms with Crippen LogP contribution < -0.4 is 14.9 Å². The highest BCUT2D eigenvalue weighted by atomic mass is 16.5. The molecule has 1 atom stereocenters. The summed E-state index contributed by atoms with van der Waals surface area (Å²) in [6.45, 7) is 1.96. The maximum Gasteiger partial charge on any atom is 0.162 e. The number of hydrogen-bond acceptors (Lipinski definition) is 6. The van der Waals surface area contributed by atoms with Gasteiger partial charge < -0.3 is 9.47 Å². The molecule has 1 saturated heterocycles. The quantitative estimate of drug-likeness (QED) is 0.781. The van der Waals surface area contributed by atoms with E-state index in [-0.39, 0.29) is 0 Å². The molecular formula is C20H22N4O2. The highest BCUT2D eigenvalue weighted by molar-refractivity contribution is 5.95. The molecule has 26 heavy (non-hydrogen) atoms. The molecule has 6 heteroatoms.